The van der Waals surface area contributed by atoms with Crippen LogP contribution in [0.2, 0.25) is 0 Å². The normalized spacial score (nSPS) is 21.9. The third kappa shape index (κ3) is 4.75. The van der Waals surface area contributed by atoms with E-state index in [9.17, 15) is 14.4 Å². The summed E-state index contributed by atoms with van der Waals surface area (Å²) in [7, 11) is 5.37. The summed E-state index contributed by atoms with van der Waals surface area (Å²) in [5.74, 6) is 0.354. The van der Waals surface area contributed by atoms with Crippen molar-refractivity contribution < 1.29 is 14.4 Å². The van der Waals surface area contributed by atoms with Gasteiger partial charge < -0.3 is 14.7 Å². The van der Waals surface area contributed by atoms with Gasteiger partial charge in [-0.25, -0.2) is 0 Å². The number of hydrogen-bond acceptors (Lipinski definition) is 4. The van der Waals surface area contributed by atoms with E-state index in [0.717, 1.165) is 32.2 Å². The number of carbonyl (C=O) groups is 3. The van der Waals surface area contributed by atoms with E-state index in [1.165, 1.54) is 0 Å². The first-order valence-electron chi connectivity index (χ1n) is 9.72. The molecule has 7 heteroatoms. The number of likely N-dealkylation sites (N-methyl/N-ethyl adjacent to an activating group) is 1. The number of carbonyl (C=O) groups excluding carboxylic acids is 3. The van der Waals surface area contributed by atoms with E-state index in [4.69, 9.17) is 0 Å². The van der Waals surface area contributed by atoms with Crippen molar-refractivity contribution in [2.45, 2.75) is 51.6 Å². The molecule has 2 saturated heterocycles. The second-order valence-electron chi connectivity index (χ2n) is 8.06. The number of amides is 3. The van der Waals surface area contributed by atoms with Crippen LogP contribution in [0.1, 0.15) is 39.5 Å². The average Bonchev–Trinajstić information content (AvgIpc) is 3.07. The van der Waals surface area contributed by atoms with E-state index in [0.29, 0.717) is 19.6 Å². The number of rotatable bonds is 5. The molecule has 7 nitrogen and oxygen atoms in total. The summed E-state index contributed by atoms with van der Waals surface area (Å²) in [6.45, 7) is 6.37. The first-order chi connectivity index (χ1) is 12.2. The lowest BCUT2D eigenvalue weighted by molar-refractivity contribution is -0.142. The molecule has 2 fully saturated rings. The molecule has 2 aliphatic heterocycles. The second-order valence-corrected chi connectivity index (χ2v) is 8.06. The molecule has 2 aliphatic rings. The topological polar surface area (TPSA) is 64.2 Å². The Bertz CT molecular complexity index is 527. The molecule has 0 aromatic heterocycles. The monoisotopic (exact) mass is 366 g/mol. The second kappa shape index (κ2) is 8.84. The first-order valence-corrected chi connectivity index (χ1v) is 9.72. The highest BCUT2D eigenvalue weighted by molar-refractivity contribution is 5.84. The van der Waals surface area contributed by atoms with Crippen molar-refractivity contribution in [3.8, 4) is 0 Å². The van der Waals surface area contributed by atoms with Crippen LogP contribution in [0.5, 0.6) is 0 Å². The quantitative estimate of drug-likeness (QED) is 0.716. The summed E-state index contributed by atoms with van der Waals surface area (Å²) in [5.41, 5.74) is 0. The van der Waals surface area contributed by atoms with E-state index in [1.54, 1.807) is 23.9 Å². The Morgan fingerprint density at radius 1 is 0.962 bits per heavy atom. The van der Waals surface area contributed by atoms with Gasteiger partial charge in [-0.1, -0.05) is 0 Å². The number of hydrogen-bond donors (Lipinski definition) is 0. The van der Waals surface area contributed by atoms with Crippen molar-refractivity contribution in [2.75, 3.05) is 47.3 Å². The Kier molecular flexibility index (Phi) is 7.03. The van der Waals surface area contributed by atoms with E-state index >= 15 is 0 Å². The zero-order valence-electron chi connectivity index (χ0n) is 16.9. The Labute approximate surface area is 157 Å². The zero-order valence-corrected chi connectivity index (χ0v) is 16.9. The molecular formula is C19H34N4O3. The van der Waals surface area contributed by atoms with E-state index in [2.05, 4.69) is 0 Å². The van der Waals surface area contributed by atoms with Crippen molar-refractivity contribution in [1.29, 1.82) is 0 Å². The highest BCUT2D eigenvalue weighted by Gasteiger charge is 2.35. The van der Waals surface area contributed by atoms with Gasteiger partial charge in [0.05, 0.1) is 12.6 Å². The van der Waals surface area contributed by atoms with Gasteiger partial charge in [-0.2, -0.15) is 0 Å². The van der Waals surface area contributed by atoms with Crippen molar-refractivity contribution >= 4 is 17.7 Å². The molecule has 0 radical (unpaired) electrons. The molecular weight excluding hydrogens is 332 g/mol. The molecule has 0 aromatic carbocycles. The molecule has 0 N–H and O–H groups in total. The molecule has 1 atom stereocenters. The lowest BCUT2D eigenvalue weighted by atomic mass is 9.95. The standard InChI is InChI=1S/C19H34N4O3/c1-14(2)21(5)18(25)15-8-11-22(12-9-15)17(24)13-23-10-6-7-16(23)19(26)20(3)4/h14-16H,6-13H2,1-5H3. The molecule has 0 aromatic rings. The SMILES string of the molecule is CC(C)N(C)C(=O)C1CCN(C(=O)CN2CCCC2C(=O)N(C)C)CC1. The third-order valence-electron chi connectivity index (χ3n) is 5.75. The van der Waals surface area contributed by atoms with Gasteiger partial charge in [0.15, 0.2) is 0 Å². The number of piperidine rings is 1. The highest BCUT2D eigenvalue weighted by Crippen LogP contribution is 2.22. The fourth-order valence-electron chi connectivity index (χ4n) is 3.79. The van der Waals surface area contributed by atoms with Crippen LogP contribution in [0.3, 0.4) is 0 Å². The van der Waals surface area contributed by atoms with E-state index in [1.807, 2.05) is 30.7 Å². The van der Waals surface area contributed by atoms with Gasteiger partial charge in [-0.15, -0.1) is 0 Å². The highest BCUT2D eigenvalue weighted by atomic mass is 16.2. The van der Waals surface area contributed by atoms with Crippen LogP contribution in [0.25, 0.3) is 0 Å². The molecule has 0 saturated carbocycles. The predicted molar refractivity (Wildman–Crippen MR) is 100 cm³/mol. The van der Waals surface area contributed by atoms with Gasteiger partial charge >= 0.3 is 0 Å². The van der Waals surface area contributed by atoms with Gasteiger partial charge in [0.1, 0.15) is 0 Å². The number of nitrogens with zero attached hydrogens (tertiary/aromatic N) is 4. The largest absolute Gasteiger partial charge is 0.347 e. The minimum absolute atomic E-state index is 0.0151. The van der Waals surface area contributed by atoms with Crippen LogP contribution in [0.15, 0.2) is 0 Å². The van der Waals surface area contributed by atoms with Crippen LogP contribution >= 0.6 is 0 Å². The van der Waals surface area contributed by atoms with Crippen molar-refractivity contribution in [1.82, 2.24) is 19.6 Å². The van der Waals surface area contributed by atoms with E-state index in [-0.39, 0.29) is 35.7 Å². The molecule has 3 amide bonds. The van der Waals surface area contributed by atoms with Crippen molar-refractivity contribution in [2.24, 2.45) is 5.92 Å². The maximum Gasteiger partial charge on any atom is 0.239 e. The Morgan fingerprint density at radius 2 is 1.58 bits per heavy atom. The molecule has 148 valence electrons. The average molecular weight is 367 g/mol. The van der Waals surface area contributed by atoms with Crippen molar-refractivity contribution in [3.63, 3.8) is 0 Å². The molecule has 0 bridgehead atoms. The Hall–Kier alpha value is -1.63. The minimum atomic E-state index is -0.173. The van der Waals surface area contributed by atoms with E-state index < -0.39 is 0 Å². The fraction of sp³-hybridized carbons (Fsp3) is 0.842. The summed E-state index contributed by atoms with van der Waals surface area (Å²) in [5, 5.41) is 0. The van der Waals surface area contributed by atoms with Crippen LogP contribution in [-0.2, 0) is 14.4 Å². The summed E-state index contributed by atoms with van der Waals surface area (Å²) in [6.07, 6.45) is 3.22. The minimum Gasteiger partial charge on any atom is -0.347 e. The maximum atomic E-state index is 12.7. The van der Waals surface area contributed by atoms with Gasteiger partial charge in [-0.05, 0) is 46.1 Å². The van der Waals surface area contributed by atoms with Gasteiger partial charge in [0.25, 0.3) is 0 Å². The number of likely N-dealkylation sites (tertiary alicyclic amines) is 2. The Morgan fingerprint density at radius 3 is 2.12 bits per heavy atom. The lowest BCUT2D eigenvalue weighted by Crippen LogP contribution is -2.50. The lowest BCUT2D eigenvalue weighted by Gasteiger charge is -2.35. The Balaban J connectivity index is 1.85. The first kappa shape index (κ1) is 20.7. The van der Waals surface area contributed by atoms with Crippen molar-refractivity contribution in [3.05, 3.63) is 0 Å². The van der Waals surface area contributed by atoms with Crippen LogP contribution in [0.4, 0.5) is 0 Å². The smallest absolute Gasteiger partial charge is 0.239 e. The molecule has 0 aliphatic carbocycles. The zero-order chi connectivity index (χ0) is 19.4. The fourth-order valence-corrected chi connectivity index (χ4v) is 3.79. The summed E-state index contributed by atoms with van der Waals surface area (Å²) in [4.78, 5) is 44.7. The molecule has 26 heavy (non-hydrogen) atoms. The summed E-state index contributed by atoms with van der Waals surface area (Å²) in [6, 6.07) is 0.0243. The van der Waals surface area contributed by atoms with Crippen LogP contribution in [0, 0.1) is 5.92 Å². The molecule has 2 rings (SSSR count). The summed E-state index contributed by atoms with van der Waals surface area (Å²) >= 11 is 0. The summed E-state index contributed by atoms with van der Waals surface area (Å²) < 4.78 is 0. The van der Waals surface area contributed by atoms with Crippen LogP contribution < -0.4 is 0 Å². The molecule has 0 spiro atoms. The van der Waals surface area contributed by atoms with Gasteiger partial charge in [0, 0.05) is 46.2 Å². The van der Waals surface area contributed by atoms with Gasteiger partial charge in [0.2, 0.25) is 17.7 Å². The maximum absolute atomic E-state index is 12.7. The third-order valence-corrected chi connectivity index (χ3v) is 5.75. The predicted octanol–water partition coefficient (Wildman–Crippen LogP) is 0.644. The molecule has 1 unspecified atom stereocenters. The van der Waals surface area contributed by atoms with Gasteiger partial charge in [-0.3, -0.25) is 19.3 Å². The molecule has 2 heterocycles. The van der Waals surface area contributed by atoms with Crippen LogP contribution in [-0.4, -0.2) is 96.7 Å².